The molecule has 0 atom stereocenters. The summed E-state index contributed by atoms with van der Waals surface area (Å²) in [6, 6.07) is 22.0. The molecule has 0 N–H and O–H groups in total. The van der Waals surface area contributed by atoms with Crippen molar-refractivity contribution in [2.24, 2.45) is 0 Å². The second-order valence-corrected chi connectivity index (χ2v) is 5.88. The molecule has 0 saturated carbocycles. The summed E-state index contributed by atoms with van der Waals surface area (Å²) in [5.41, 5.74) is 5.81. The molecule has 0 spiro atoms. The molecule has 0 heterocycles. The molecule has 3 aromatic rings. The molecular formula is C23H28. The zero-order valence-electron chi connectivity index (χ0n) is 15.3. The van der Waals surface area contributed by atoms with Gasteiger partial charge < -0.3 is 0 Å². The molecule has 1 aliphatic carbocycles. The van der Waals surface area contributed by atoms with Crippen molar-refractivity contribution in [1.82, 2.24) is 0 Å². The van der Waals surface area contributed by atoms with Gasteiger partial charge in [0.1, 0.15) is 0 Å². The highest BCUT2D eigenvalue weighted by Crippen LogP contribution is 2.50. The van der Waals surface area contributed by atoms with Crippen LogP contribution in [0.1, 0.15) is 52.7 Å². The smallest absolute Gasteiger partial charge is 0.0165 e. The molecule has 0 fully saturated rings. The first kappa shape index (κ1) is 17.3. The van der Waals surface area contributed by atoms with Gasteiger partial charge in [0.05, 0.1) is 0 Å². The Morgan fingerprint density at radius 3 is 1.96 bits per heavy atom. The third-order valence-corrected chi connectivity index (χ3v) is 4.44. The first-order valence-electron chi connectivity index (χ1n) is 8.82. The van der Waals surface area contributed by atoms with Gasteiger partial charge in [-0.15, -0.1) is 0 Å². The van der Waals surface area contributed by atoms with E-state index >= 15 is 0 Å². The predicted molar refractivity (Wildman–Crippen MR) is 104 cm³/mol. The standard InChI is InChI=1S/C19H16.2C2H6/c1-19(2)17-10-6-5-9-15(17)16-12-11-13-7-3-4-8-14(13)18(16)19;2*1-2/h3-12H,1-2H3;2*1-2H3. The lowest BCUT2D eigenvalue weighted by Gasteiger charge is -2.23. The third-order valence-electron chi connectivity index (χ3n) is 4.44. The van der Waals surface area contributed by atoms with Crippen LogP contribution < -0.4 is 0 Å². The molecule has 0 bridgehead atoms. The van der Waals surface area contributed by atoms with Crippen LogP contribution in [-0.4, -0.2) is 0 Å². The summed E-state index contributed by atoms with van der Waals surface area (Å²) < 4.78 is 0. The SMILES string of the molecule is CC.CC.CC1(C)c2ccccc2-c2ccc3ccccc3c21. The van der Waals surface area contributed by atoms with Gasteiger partial charge >= 0.3 is 0 Å². The number of benzene rings is 3. The normalized spacial score (nSPS) is 13.1. The topological polar surface area (TPSA) is 0 Å². The van der Waals surface area contributed by atoms with Gasteiger partial charge in [-0.05, 0) is 33.0 Å². The molecule has 0 aliphatic heterocycles. The van der Waals surface area contributed by atoms with Gasteiger partial charge in [-0.3, -0.25) is 0 Å². The van der Waals surface area contributed by atoms with Gasteiger partial charge in [-0.1, -0.05) is 102 Å². The summed E-state index contributed by atoms with van der Waals surface area (Å²) in [6.07, 6.45) is 0. The summed E-state index contributed by atoms with van der Waals surface area (Å²) in [4.78, 5) is 0. The van der Waals surface area contributed by atoms with Gasteiger partial charge in [-0.2, -0.15) is 0 Å². The lowest BCUT2D eigenvalue weighted by atomic mass is 9.80. The van der Waals surface area contributed by atoms with Crippen molar-refractivity contribution in [3.8, 4) is 11.1 Å². The minimum Gasteiger partial charge on any atom is -0.0683 e. The van der Waals surface area contributed by atoms with E-state index in [9.17, 15) is 0 Å². The Bertz CT molecular complexity index is 794. The summed E-state index contributed by atoms with van der Waals surface area (Å²) >= 11 is 0. The number of hydrogen-bond acceptors (Lipinski definition) is 0. The number of hydrogen-bond donors (Lipinski definition) is 0. The van der Waals surface area contributed by atoms with E-state index in [4.69, 9.17) is 0 Å². The van der Waals surface area contributed by atoms with E-state index in [-0.39, 0.29) is 5.41 Å². The lowest BCUT2D eigenvalue weighted by Crippen LogP contribution is -2.15. The second kappa shape index (κ2) is 7.00. The van der Waals surface area contributed by atoms with Crippen LogP contribution in [0.5, 0.6) is 0 Å². The van der Waals surface area contributed by atoms with Crippen LogP contribution >= 0.6 is 0 Å². The van der Waals surface area contributed by atoms with Gasteiger partial charge in [0.25, 0.3) is 0 Å². The minimum absolute atomic E-state index is 0.0901. The van der Waals surface area contributed by atoms with E-state index in [0.717, 1.165) is 0 Å². The first-order chi connectivity index (χ1) is 11.2. The van der Waals surface area contributed by atoms with E-state index in [0.29, 0.717) is 0 Å². The van der Waals surface area contributed by atoms with Crippen LogP contribution in [0.15, 0.2) is 60.7 Å². The maximum atomic E-state index is 2.34. The van der Waals surface area contributed by atoms with Crippen LogP contribution in [0.2, 0.25) is 0 Å². The molecule has 0 saturated heterocycles. The number of fused-ring (bicyclic) bond motifs is 5. The van der Waals surface area contributed by atoms with Gasteiger partial charge in [0.15, 0.2) is 0 Å². The molecule has 1 aliphatic rings. The fraction of sp³-hybridized carbons (Fsp3) is 0.304. The summed E-state index contributed by atoms with van der Waals surface area (Å²) in [5, 5.41) is 2.73. The molecule has 0 amide bonds. The highest BCUT2D eigenvalue weighted by molar-refractivity contribution is 5.97. The van der Waals surface area contributed by atoms with Crippen molar-refractivity contribution in [2.75, 3.05) is 0 Å². The fourth-order valence-electron chi connectivity index (χ4n) is 3.57. The second-order valence-electron chi connectivity index (χ2n) is 5.88. The highest BCUT2D eigenvalue weighted by atomic mass is 14.4. The van der Waals surface area contributed by atoms with Crippen molar-refractivity contribution in [2.45, 2.75) is 47.0 Å². The monoisotopic (exact) mass is 304 g/mol. The van der Waals surface area contributed by atoms with E-state index < -0.39 is 0 Å². The molecule has 0 heteroatoms. The Hall–Kier alpha value is -2.08. The van der Waals surface area contributed by atoms with Crippen molar-refractivity contribution in [3.63, 3.8) is 0 Å². The molecule has 120 valence electrons. The fourth-order valence-corrected chi connectivity index (χ4v) is 3.57. The Morgan fingerprint density at radius 1 is 0.609 bits per heavy atom. The first-order valence-corrected chi connectivity index (χ1v) is 8.82. The molecule has 0 radical (unpaired) electrons. The van der Waals surface area contributed by atoms with Gasteiger partial charge in [-0.25, -0.2) is 0 Å². The molecule has 4 rings (SSSR count). The third kappa shape index (κ3) is 2.67. The quantitative estimate of drug-likeness (QED) is 0.412. The Kier molecular flexibility index (Phi) is 5.26. The zero-order valence-corrected chi connectivity index (χ0v) is 15.3. The van der Waals surface area contributed by atoms with E-state index in [1.165, 1.54) is 33.0 Å². The molecule has 23 heavy (non-hydrogen) atoms. The molecule has 0 aromatic heterocycles. The zero-order chi connectivity index (χ0) is 17.0. The van der Waals surface area contributed by atoms with Crippen LogP contribution in [0, 0.1) is 0 Å². The lowest BCUT2D eigenvalue weighted by molar-refractivity contribution is 0.666. The van der Waals surface area contributed by atoms with Crippen LogP contribution in [0.4, 0.5) is 0 Å². The maximum absolute atomic E-state index is 2.34. The number of rotatable bonds is 0. The summed E-state index contributed by atoms with van der Waals surface area (Å²) in [7, 11) is 0. The molecule has 0 unspecified atom stereocenters. The highest BCUT2D eigenvalue weighted by Gasteiger charge is 2.36. The Morgan fingerprint density at radius 2 is 1.22 bits per heavy atom. The van der Waals surface area contributed by atoms with E-state index in [2.05, 4.69) is 74.5 Å². The largest absolute Gasteiger partial charge is 0.0683 e. The average Bonchev–Trinajstić information content (AvgIpc) is 2.87. The van der Waals surface area contributed by atoms with Crippen molar-refractivity contribution in [1.29, 1.82) is 0 Å². The average molecular weight is 304 g/mol. The van der Waals surface area contributed by atoms with Crippen LogP contribution in [-0.2, 0) is 5.41 Å². The van der Waals surface area contributed by atoms with E-state index in [1.807, 2.05) is 27.7 Å². The molecule has 3 aromatic carbocycles. The summed E-state index contributed by atoms with van der Waals surface area (Å²) in [5.74, 6) is 0. The minimum atomic E-state index is 0.0901. The van der Waals surface area contributed by atoms with Crippen molar-refractivity contribution in [3.05, 3.63) is 71.8 Å². The molecule has 0 nitrogen and oxygen atoms in total. The Balaban J connectivity index is 0.000000448. The van der Waals surface area contributed by atoms with Crippen LogP contribution in [0.25, 0.3) is 21.9 Å². The Labute approximate surface area is 141 Å². The maximum Gasteiger partial charge on any atom is 0.0165 e. The molecular weight excluding hydrogens is 276 g/mol. The van der Waals surface area contributed by atoms with Gasteiger partial charge in [0.2, 0.25) is 0 Å². The van der Waals surface area contributed by atoms with Crippen molar-refractivity contribution < 1.29 is 0 Å². The van der Waals surface area contributed by atoms with Crippen LogP contribution in [0.3, 0.4) is 0 Å². The van der Waals surface area contributed by atoms with Gasteiger partial charge in [0, 0.05) is 5.41 Å². The predicted octanol–water partition coefficient (Wildman–Crippen LogP) is 7.20. The summed E-state index contributed by atoms with van der Waals surface area (Å²) in [6.45, 7) is 12.7. The van der Waals surface area contributed by atoms with Crippen molar-refractivity contribution >= 4 is 10.8 Å². The van der Waals surface area contributed by atoms with E-state index in [1.54, 1.807) is 0 Å².